The molecular weight excluding hydrogens is 290 g/mol. The lowest BCUT2D eigenvalue weighted by Crippen LogP contribution is -2.35. The molecule has 106 valence electrons. The van der Waals surface area contributed by atoms with Crippen LogP contribution in [-0.2, 0) is 10.0 Å². The molecule has 1 aromatic carbocycles. The van der Waals surface area contributed by atoms with Crippen LogP contribution in [0.1, 0.15) is 29.7 Å². The lowest BCUT2D eigenvalue weighted by Gasteiger charge is -2.33. The van der Waals surface area contributed by atoms with Crippen LogP contribution in [0.15, 0.2) is 40.6 Å². The average molecular weight is 307 g/mol. The van der Waals surface area contributed by atoms with Crippen molar-refractivity contribution in [2.24, 2.45) is 0 Å². The maximum atomic E-state index is 12.8. The third kappa shape index (κ3) is 2.15. The number of sulfonamides is 1. The summed E-state index contributed by atoms with van der Waals surface area (Å²) in [6.45, 7) is 4.63. The second-order valence-electron chi connectivity index (χ2n) is 5.19. The van der Waals surface area contributed by atoms with Crippen LogP contribution >= 0.6 is 11.3 Å². The predicted molar refractivity (Wildman–Crippen MR) is 83.1 cm³/mol. The first-order chi connectivity index (χ1) is 9.50. The highest BCUT2D eigenvalue weighted by Gasteiger charge is 2.32. The van der Waals surface area contributed by atoms with E-state index in [-0.39, 0.29) is 0 Å². The second kappa shape index (κ2) is 4.90. The number of rotatable bonds is 2. The molecule has 0 radical (unpaired) electrons. The third-order valence-electron chi connectivity index (χ3n) is 3.76. The number of anilines is 1. The van der Waals surface area contributed by atoms with Crippen molar-refractivity contribution in [2.75, 3.05) is 10.8 Å². The van der Waals surface area contributed by atoms with E-state index in [0.29, 0.717) is 16.7 Å². The molecule has 3 rings (SSSR count). The number of benzene rings is 1. The number of fused-ring (bicyclic) bond motifs is 1. The van der Waals surface area contributed by atoms with Gasteiger partial charge in [-0.1, -0.05) is 25.1 Å². The molecule has 0 aliphatic carbocycles. The molecule has 0 bridgehead atoms. The van der Waals surface area contributed by atoms with Crippen molar-refractivity contribution in [1.82, 2.24) is 0 Å². The summed E-state index contributed by atoms with van der Waals surface area (Å²) >= 11 is 1.33. The first-order valence-corrected chi connectivity index (χ1v) is 8.94. The van der Waals surface area contributed by atoms with Crippen LogP contribution in [0.3, 0.4) is 0 Å². The Bertz CT molecular complexity index is 734. The van der Waals surface area contributed by atoms with Gasteiger partial charge in [-0.2, -0.15) is 0 Å². The summed E-state index contributed by atoms with van der Waals surface area (Å²) in [7, 11) is -3.43. The van der Waals surface area contributed by atoms with Crippen molar-refractivity contribution >= 4 is 27.0 Å². The molecule has 0 amide bonds. The van der Waals surface area contributed by atoms with Crippen molar-refractivity contribution in [3.05, 3.63) is 46.8 Å². The molecule has 1 atom stereocenters. The molecule has 1 aliphatic heterocycles. The fraction of sp³-hybridized carbons (Fsp3) is 0.333. The molecule has 1 aromatic heterocycles. The summed E-state index contributed by atoms with van der Waals surface area (Å²) in [5, 5.41) is 0. The lowest BCUT2D eigenvalue weighted by atomic mass is 9.93. The van der Waals surface area contributed by atoms with Crippen LogP contribution in [0.4, 0.5) is 5.69 Å². The molecule has 0 spiro atoms. The second-order valence-corrected chi connectivity index (χ2v) is 8.57. The quantitative estimate of drug-likeness (QED) is 0.847. The molecule has 20 heavy (non-hydrogen) atoms. The molecule has 1 aliphatic rings. The maximum absolute atomic E-state index is 12.8. The zero-order chi connectivity index (χ0) is 14.3. The smallest absolute Gasteiger partial charge is 0.265 e. The fourth-order valence-corrected chi connectivity index (χ4v) is 5.53. The van der Waals surface area contributed by atoms with Gasteiger partial charge in [0.25, 0.3) is 10.0 Å². The normalized spacial score (nSPS) is 18.9. The Labute approximate surface area is 123 Å². The number of hydrogen-bond acceptors (Lipinski definition) is 3. The van der Waals surface area contributed by atoms with E-state index in [1.165, 1.54) is 11.3 Å². The Morgan fingerprint density at radius 2 is 1.95 bits per heavy atom. The van der Waals surface area contributed by atoms with Gasteiger partial charge in [0, 0.05) is 11.4 Å². The maximum Gasteiger partial charge on any atom is 0.273 e. The minimum absolute atomic E-state index is 0.405. The van der Waals surface area contributed by atoms with E-state index in [9.17, 15) is 8.42 Å². The molecule has 3 nitrogen and oxygen atoms in total. The molecule has 0 N–H and O–H groups in total. The fourth-order valence-electron chi connectivity index (χ4n) is 2.63. The van der Waals surface area contributed by atoms with E-state index in [1.54, 1.807) is 10.4 Å². The van der Waals surface area contributed by atoms with Crippen molar-refractivity contribution in [3.63, 3.8) is 0 Å². The van der Waals surface area contributed by atoms with E-state index in [2.05, 4.69) is 6.92 Å². The SMILES string of the molecule is Cc1ccc(S(=O)(=O)N2CC[C@@H](C)c3ccccc32)s1. The Morgan fingerprint density at radius 1 is 1.20 bits per heavy atom. The topological polar surface area (TPSA) is 37.4 Å². The van der Waals surface area contributed by atoms with Crippen LogP contribution in [0.5, 0.6) is 0 Å². The molecule has 0 unspecified atom stereocenters. The van der Waals surface area contributed by atoms with E-state index in [4.69, 9.17) is 0 Å². The van der Waals surface area contributed by atoms with Crippen LogP contribution in [0.2, 0.25) is 0 Å². The Morgan fingerprint density at radius 3 is 2.65 bits per heavy atom. The van der Waals surface area contributed by atoms with Gasteiger partial charge in [-0.25, -0.2) is 8.42 Å². The van der Waals surface area contributed by atoms with Crippen LogP contribution in [-0.4, -0.2) is 15.0 Å². The van der Waals surface area contributed by atoms with Gasteiger partial charge in [0.1, 0.15) is 4.21 Å². The molecule has 0 saturated carbocycles. The molecule has 2 heterocycles. The lowest BCUT2D eigenvalue weighted by molar-refractivity contribution is 0.580. The molecule has 0 saturated heterocycles. The van der Waals surface area contributed by atoms with E-state index in [1.807, 2.05) is 37.3 Å². The van der Waals surface area contributed by atoms with Gasteiger partial charge in [-0.3, -0.25) is 4.31 Å². The van der Waals surface area contributed by atoms with Crippen molar-refractivity contribution in [2.45, 2.75) is 30.4 Å². The predicted octanol–water partition coefficient (Wildman–Crippen LogP) is 3.76. The third-order valence-corrected chi connectivity index (χ3v) is 7.04. The van der Waals surface area contributed by atoms with Gasteiger partial charge in [0.15, 0.2) is 0 Å². The minimum Gasteiger partial charge on any atom is -0.265 e. The Hall–Kier alpha value is -1.33. The minimum atomic E-state index is -3.43. The van der Waals surface area contributed by atoms with E-state index < -0.39 is 10.0 Å². The zero-order valence-corrected chi connectivity index (χ0v) is 13.2. The highest BCUT2D eigenvalue weighted by Crippen LogP contribution is 2.38. The van der Waals surface area contributed by atoms with E-state index >= 15 is 0 Å². The first-order valence-electron chi connectivity index (χ1n) is 6.68. The summed E-state index contributed by atoms with van der Waals surface area (Å²) in [6, 6.07) is 11.4. The van der Waals surface area contributed by atoms with Crippen LogP contribution < -0.4 is 4.31 Å². The van der Waals surface area contributed by atoms with Gasteiger partial charge >= 0.3 is 0 Å². The summed E-state index contributed by atoms with van der Waals surface area (Å²) < 4.78 is 27.6. The van der Waals surface area contributed by atoms with Crippen molar-refractivity contribution < 1.29 is 8.42 Å². The number of thiophene rings is 1. The largest absolute Gasteiger partial charge is 0.273 e. The average Bonchev–Trinajstić information content (AvgIpc) is 2.87. The molecular formula is C15H17NO2S2. The molecule has 5 heteroatoms. The standard InChI is InChI=1S/C15H17NO2S2/c1-11-9-10-16(14-6-4-3-5-13(11)14)20(17,18)15-8-7-12(2)19-15/h3-8,11H,9-10H2,1-2H3/t11-/m1/s1. The summed E-state index contributed by atoms with van der Waals surface area (Å²) in [4.78, 5) is 1.02. The van der Waals surface area contributed by atoms with E-state index in [0.717, 1.165) is 22.5 Å². The van der Waals surface area contributed by atoms with Gasteiger partial charge in [-0.15, -0.1) is 11.3 Å². The number of nitrogens with zero attached hydrogens (tertiary/aromatic N) is 1. The Kier molecular flexibility index (Phi) is 3.34. The van der Waals surface area contributed by atoms with Gasteiger partial charge in [0.2, 0.25) is 0 Å². The Balaban J connectivity index is 2.10. The molecule has 2 aromatic rings. The number of para-hydroxylation sites is 1. The highest BCUT2D eigenvalue weighted by atomic mass is 32.2. The zero-order valence-electron chi connectivity index (χ0n) is 11.5. The van der Waals surface area contributed by atoms with Gasteiger partial charge < -0.3 is 0 Å². The number of aryl methyl sites for hydroxylation is 1. The number of hydrogen-bond donors (Lipinski definition) is 0. The summed E-state index contributed by atoms with van der Waals surface area (Å²) in [5.74, 6) is 0.405. The van der Waals surface area contributed by atoms with Gasteiger partial charge in [-0.05, 0) is 43.0 Å². The first kappa shape index (κ1) is 13.6. The molecule has 0 fully saturated rings. The summed E-state index contributed by atoms with van der Waals surface area (Å²) in [6.07, 6.45) is 0.862. The monoisotopic (exact) mass is 307 g/mol. The summed E-state index contributed by atoms with van der Waals surface area (Å²) in [5.41, 5.74) is 1.95. The van der Waals surface area contributed by atoms with Crippen molar-refractivity contribution in [1.29, 1.82) is 0 Å². The van der Waals surface area contributed by atoms with Crippen LogP contribution in [0.25, 0.3) is 0 Å². The van der Waals surface area contributed by atoms with Crippen molar-refractivity contribution in [3.8, 4) is 0 Å². The van der Waals surface area contributed by atoms with Crippen LogP contribution in [0, 0.1) is 6.92 Å². The highest BCUT2D eigenvalue weighted by molar-refractivity contribution is 7.94. The van der Waals surface area contributed by atoms with Gasteiger partial charge in [0.05, 0.1) is 5.69 Å².